The Labute approximate surface area is 144 Å². The van der Waals surface area contributed by atoms with Crippen molar-refractivity contribution in [2.45, 2.75) is 39.2 Å². The highest BCUT2D eigenvalue weighted by molar-refractivity contribution is 7.12. The predicted molar refractivity (Wildman–Crippen MR) is 98.4 cm³/mol. The summed E-state index contributed by atoms with van der Waals surface area (Å²) in [5.41, 5.74) is 6.52. The lowest BCUT2D eigenvalue weighted by molar-refractivity contribution is 0.100. The van der Waals surface area contributed by atoms with E-state index in [1.54, 1.807) is 23.7 Å². The van der Waals surface area contributed by atoms with Gasteiger partial charge in [0, 0.05) is 23.2 Å². The summed E-state index contributed by atoms with van der Waals surface area (Å²) < 4.78 is 0. The van der Waals surface area contributed by atoms with Gasteiger partial charge in [0.1, 0.15) is 0 Å². The number of rotatable bonds is 5. The second-order valence-corrected chi connectivity index (χ2v) is 6.57. The Morgan fingerprint density at radius 2 is 2.08 bits per heavy atom. The van der Waals surface area contributed by atoms with Crippen LogP contribution < -0.4 is 16.6 Å². The standard InChI is InChI=1S/C16H18N4O2S.CH4/c17-14(9-7-12(15(18)21)23-8-9)13-11(5-6-19-16(13)22)20-10-3-1-2-4-10;/h5-8,10,17H,1-4H2,(H2,18,21)(H2,19,20,22);1H4. The number of nitrogens with two attached hydrogens (primary N) is 1. The smallest absolute Gasteiger partial charge is 0.259 e. The Bertz CT molecular complexity index is 803. The molecule has 2 aromatic heterocycles. The molecule has 3 rings (SSSR count). The van der Waals surface area contributed by atoms with Crippen LogP contribution in [0.15, 0.2) is 28.5 Å². The van der Waals surface area contributed by atoms with Gasteiger partial charge in [0.05, 0.1) is 21.8 Å². The third kappa shape index (κ3) is 3.56. The molecule has 1 aliphatic rings. The maximum atomic E-state index is 12.2. The summed E-state index contributed by atoms with van der Waals surface area (Å²) in [6.45, 7) is 0. The van der Waals surface area contributed by atoms with Crippen LogP contribution in [0.3, 0.4) is 0 Å². The summed E-state index contributed by atoms with van der Waals surface area (Å²) in [5.74, 6) is -0.527. The first-order valence-electron chi connectivity index (χ1n) is 7.52. The second kappa shape index (κ2) is 7.44. The van der Waals surface area contributed by atoms with E-state index in [1.165, 1.54) is 24.2 Å². The van der Waals surface area contributed by atoms with E-state index in [0.717, 1.165) is 12.8 Å². The fraction of sp³-hybridized carbons (Fsp3) is 0.353. The monoisotopic (exact) mass is 346 g/mol. The highest BCUT2D eigenvalue weighted by Gasteiger charge is 2.20. The van der Waals surface area contributed by atoms with Crippen LogP contribution in [0.25, 0.3) is 0 Å². The minimum absolute atomic E-state index is 0. The van der Waals surface area contributed by atoms with Gasteiger partial charge in [-0.2, -0.15) is 0 Å². The number of nitrogens with one attached hydrogen (secondary N) is 3. The van der Waals surface area contributed by atoms with Gasteiger partial charge in [-0.1, -0.05) is 20.3 Å². The molecule has 0 spiro atoms. The average molecular weight is 346 g/mol. The molecule has 0 bridgehead atoms. The third-order valence-corrected chi connectivity index (χ3v) is 5.00. The number of amides is 1. The quantitative estimate of drug-likeness (QED) is 0.624. The van der Waals surface area contributed by atoms with E-state index in [2.05, 4.69) is 10.3 Å². The molecular weight excluding hydrogens is 324 g/mol. The van der Waals surface area contributed by atoms with Crippen molar-refractivity contribution in [3.05, 3.63) is 50.1 Å². The van der Waals surface area contributed by atoms with Gasteiger partial charge >= 0.3 is 0 Å². The minimum Gasteiger partial charge on any atom is -0.382 e. The number of anilines is 1. The van der Waals surface area contributed by atoms with Crippen molar-refractivity contribution < 1.29 is 4.79 Å². The van der Waals surface area contributed by atoms with Crippen molar-refractivity contribution in [1.82, 2.24) is 4.98 Å². The number of pyridine rings is 1. The Hall–Kier alpha value is -2.41. The number of primary amides is 1. The van der Waals surface area contributed by atoms with E-state index in [9.17, 15) is 9.59 Å². The number of hydrogen-bond acceptors (Lipinski definition) is 5. The molecule has 128 valence electrons. The lowest BCUT2D eigenvalue weighted by Gasteiger charge is -2.16. The maximum absolute atomic E-state index is 12.2. The topological polar surface area (TPSA) is 112 Å². The van der Waals surface area contributed by atoms with E-state index in [0.29, 0.717) is 27.7 Å². The van der Waals surface area contributed by atoms with Gasteiger partial charge in [-0.25, -0.2) is 0 Å². The minimum atomic E-state index is -0.527. The molecule has 24 heavy (non-hydrogen) atoms. The number of aromatic nitrogens is 1. The SMILES string of the molecule is C.N=C(c1csc(C(N)=O)c1)c1c(NC2CCCC2)cc[nH]c1=O. The molecule has 2 aromatic rings. The molecule has 7 heteroatoms. The van der Waals surface area contributed by atoms with Crippen LogP contribution in [-0.2, 0) is 0 Å². The van der Waals surface area contributed by atoms with E-state index >= 15 is 0 Å². The summed E-state index contributed by atoms with van der Waals surface area (Å²) in [5, 5.41) is 13.4. The molecule has 1 saturated carbocycles. The lowest BCUT2D eigenvalue weighted by Crippen LogP contribution is -2.24. The fourth-order valence-corrected chi connectivity index (χ4v) is 3.63. The molecule has 0 atom stereocenters. The van der Waals surface area contributed by atoms with Crippen LogP contribution in [-0.4, -0.2) is 22.6 Å². The van der Waals surface area contributed by atoms with Crippen LogP contribution in [0.2, 0.25) is 0 Å². The summed E-state index contributed by atoms with van der Waals surface area (Å²) >= 11 is 1.18. The van der Waals surface area contributed by atoms with Crippen LogP contribution in [0.1, 0.15) is 53.9 Å². The Morgan fingerprint density at radius 3 is 2.71 bits per heavy atom. The number of aromatic amines is 1. The van der Waals surface area contributed by atoms with Crippen molar-refractivity contribution in [2.24, 2.45) is 5.73 Å². The molecule has 0 aliphatic heterocycles. The van der Waals surface area contributed by atoms with Gasteiger partial charge in [-0.05, 0) is 25.0 Å². The molecule has 0 saturated heterocycles. The molecule has 1 amide bonds. The van der Waals surface area contributed by atoms with Crippen LogP contribution in [0, 0.1) is 5.41 Å². The number of thiophene rings is 1. The van der Waals surface area contributed by atoms with E-state index < -0.39 is 5.91 Å². The highest BCUT2D eigenvalue weighted by Crippen LogP contribution is 2.25. The zero-order chi connectivity index (χ0) is 16.4. The largest absolute Gasteiger partial charge is 0.382 e. The Morgan fingerprint density at radius 1 is 1.38 bits per heavy atom. The van der Waals surface area contributed by atoms with Gasteiger partial charge in [-0.15, -0.1) is 11.3 Å². The molecule has 0 radical (unpaired) electrons. The second-order valence-electron chi connectivity index (χ2n) is 5.66. The van der Waals surface area contributed by atoms with Crippen LogP contribution in [0.4, 0.5) is 5.69 Å². The maximum Gasteiger partial charge on any atom is 0.259 e. The van der Waals surface area contributed by atoms with Crippen LogP contribution in [0.5, 0.6) is 0 Å². The number of carbonyl (C=O) groups is 1. The van der Waals surface area contributed by atoms with Gasteiger partial charge in [-0.3, -0.25) is 15.0 Å². The van der Waals surface area contributed by atoms with Crippen molar-refractivity contribution >= 4 is 28.6 Å². The van der Waals surface area contributed by atoms with Crippen molar-refractivity contribution in [1.29, 1.82) is 5.41 Å². The average Bonchev–Trinajstić information content (AvgIpc) is 3.18. The zero-order valence-electron chi connectivity index (χ0n) is 12.5. The predicted octanol–water partition coefficient (Wildman–Crippen LogP) is 2.94. The fourth-order valence-electron chi connectivity index (χ4n) is 2.88. The normalized spacial score (nSPS) is 14.2. The number of H-pyrrole nitrogens is 1. The summed E-state index contributed by atoms with van der Waals surface area (Å²) in [4.78, 5) is 26.5. The zero-order valence-corrected chi connectivity index (χ0v) is 13.3. The van der Waals surface area contributed by atoms with Gasteiger partial charge in [0.2, 0.25) is 0 Å². The van der Waals surface area contributed by atoms with E-state index in [4.69, 9.17) is 11.1 Å². The molecule has 5 N–H and O–H groups in total. The highest BCUT2D eigenvalue weighted by atomic mass is 32.1. The summed E-state index contributed by atoms with van der Waals surface area (Å²) in [6, 6.07) is 3.68. The number of carbonyl (C=O) groups excluding carboxylic acids is 1. The number of hydrogen-bond donors (Lipinski definition) is 4. The Balaban J connectivity index is 0.00000208. The van der Waals surface area contributed by atoms with Gasteiger partial charge in [0.25, 0.3) is 11.5 Å². The van der Waals surface area contributed by atoms with E-state index in [-0.39, 0.29) is 18.7 Å². The molecule has 1 aliphatic carbocycles. The lowest BCUT2D eigenvalue weighted by atomic mass is 10.0. The van der Waals surface area contributed by atoms with Crippen LogP contribution >= 0.6 is 11.3 Å². The van der Waals surface area contributed by atoms with Crippen molar-refractivity contribution in [2.75, 3.05) is 5.32 Å². The first-order chi connectivity index (χ1) is 11.1. The molecule has 1 fully saturated rings. The van der Waals surface area contributed by atoms with Gasteiger partial charge in [0.15, 0.2) is 0 Å². The molecule has 0 aromatic carbocycles. The summed E-state index contributed by atoms with van der Waals surface area (Å²) in [6.07, 6.45) is 6.09. The first-order valence-corrected chi connectivity index (χ1v) is 8.40. The van der Waals surface area contributed by atoms with Gasteiger partial charge < -0.3 is 16.0 Å². The van der Waals surface area contributed by atoms with E-state index in [1.807, 2.05) is 0 Å². The molecule has 2 heterocycles. The first kappa shape index (κ1) is 17.9. The Kier molecular flexibility index (Phi) is 5.56. The summed E-state index contributed by atoms with van der Waals surface area (Å²) in [7, 11) is 0. The van der Waals surface area contributed by atoms with Crippen molar-refractivity contribution in [3.63, 3.8) is 0 Å². The molecule has 0 unspecified atom stereocenters. The van der Waals surface area contributed by atoms with Crippen molar-refractivity contribution in [3.8, 4) is 0 Å². The third-order valence-electron chi connectivity index (χ3n) is 4.06. The molecule has 6 nitrogen and oxygen atoms in total. The molecular formula is C17H22N4O2S.